The predicted octanol–water partition coefficient (Wildman–Crippen LogP) is 4.22. The van der Waals surface area contributed by atoms with Crippen LogP contribution in [0.15, 0.2) is 48.7 Å². The van der Waals surface area contributed by atoms with Gasteiger partial charge >= 0.3 is 0 Å². The number of rotatable bonds is 1. The Balaban J connectivity index is 2.28. The lowest BCUT2D eigenvalue weighted by atomic mass is 10.1. The van der Waals surface area contributed by atoms with E-state index in [0.29, 0.717) is 0 Å². The Labute approximate surface area is 129 Å². The molecule has 3 heteroatoms. The number of nitrogens with two attached hydrogens (primary N) is 1. The van der Waals surface area contributed by atoms with E-state index in [0.717, 1.165) is 5.69 Å². The average molecular weight is 289 g/mol. The second-order valence-electron chi connectivity index (χ2n) is 5.97. The highest BCUT2D eigenvalue weighted by atomic mass is 15.3. The van der Waals surface area contributed by atoms with Crippen LogP contribution in [-0.4, -0.2) is 9.24 Å². The first-order chi connectivity index (χ1) is 10.6. The summed E-state index contributed by atoms with van der Waals surface area (Å²) in [4.78, 5) is 0. The van der Waals surface area contributed by atoms with Crippen LogP contribution in [0.5, 0.6) is 0 Å². The van der Waals surface area contributed by atoms with Gasteiger partial charge in [-0.3, -0.25) is 4.68 Å². The normalized spacial score (nSPS) is 11.6. The Morgan fingerprint density at radius 1 is 0.818 bits per heavy atom. The van der Waals surface area contributed by atoms with Crippen LogP contribution in [0, 0.1) is 20.8 Å². The van der Waals surface area contributed by atoms with Crippen LogP contribution in [-0.2, 0) is 0 Å². The van der Waals surface area contributed by atoms with Crippen molar-refractivity contribution in [2.75, 3.05) is 5.84 Å². The van der Waals surface area contributed by atoms with Crippen molar-refractivity contribution < 1.29 is 0 Å². The van der Waals surface area contributed by atoms with Gasteiger partial charge in [-0.1, -0.05) is 36.4 Å². The standard InChI is InChI=1S/C19H19N3/c1-12-7-6-8-13(2)19(12)22-16-10-5-4-9-15(16)18-14(3)21(20)11-17(18)22/h4-11H,20H2,1-3H3. The zero-order valence-electron chi connectivity index (χ0n) is 13.1. The van der Waals surface area contributed by atoms with Crippen molar-refractivity contribution in [2.24, 2.45) is 0 Å². The molecule has 0 aliphatic carbocycles. The molecule has 0 radical (unpaired) electrons. The van der Waals surface area contributed by atoms with E-state index in [1.54, 1.807) is 4.68 Å². The zero-order chi connectivity index (χ0) is 15.4. The summed E-state index contributed by atoms with van der Waals surface area (Å²) in [5.41, 5.74) is 7.28. The summed E-state index contributed by atoms with van der Waals surface area (Å²) in [6.45, 7) is 6.40. The molecule has 0 atom stereocenters. The fourth-order valence-electron chi connectivity index (χ4n) is 3.52. The molecule has 110 valence electrons. The summed E-state index contributed by atoms with van der Waals surface area (Å²) in [6.07, 6.45) is 2.02. The molecular formula is C19H19N3. The lowest BCUT2D eigenvalue weighted by Crippen LogP contribution is -2.08. The monoisotopic (exact) mass is 289 g/mol. The lowest BCUT2D eigenvalue weighted by Gasteiger charge is -2.13. The number of nitrogen functional groups attached to an aromatic ring is 1. The summed E-state index contributed by atoms with van der Waals surface area (Å²) in [7, 11) is 0. The molecule has 0 aliphatic heterocycles. The number of aryl methyl sites for hydroxylation is 3. The molecule has 2 heterocycles. The van der Waals surface area contributed by atoms with Crippen molar-refractivity contribution in [3.63, 3.8) is 0 Å². The van der Waals surface area contributed by atoms with Crippen molar-refractivity contribution in [3.8, 4) is 5.69 Å². The second-order valence-corrected chi connectivity index (χ2v) is 5.97. The van der Waals surface area contributed by atoms with Crippen LogP contribution in [0.25, 0.3) is 27.5 Å². The number of hydrogen-bond donors (Lipinski definition) is 1. The highest BCUT2D eigenvalue weighted by Gasteiger charge is 2.18. The van der Waals surface area contributed by atoms with Gasteiger partial charge in [0, 0.05) is 16.5 Å². The first-order valence-corrected chi connectivity index (χ1v) is 7.52. The van der Waals surface area contributed by atoms with E-state index in [9.17, 15) is 0 Å². The molecule has 0 unspecified atom stereocenters. The molecule has 0 saturated carbocycles. The van der Waals surface area contributed by atoms with Crippen LogP contribution < -0.4 is 5.84 Å². The first-order valence-electron chi connectivity index (χ1n) is 7.52. The van der Waals surface area contributed by atoms with Crippen LogP contribution in [0.3, 0.4) is 0 Å². The number of aromatic nitrogens is 2. The van der Waals surface area contributed by atoms with E-state index in [1.165, 1.54) is 38.6 Å². The third-order valence-corrected chi connectivity index (χ3v) is 4.58. The van der Waals surface area contributed by atoms with Gasteiger partial charge in [0.1, 0.15) is 0 Å². The van der Waals surface area contributed by atoms with Crippen molar-refractivity contribution in [1.29, 1.82) is 0 Å². The van der Waals surface area contributed by atoms with Gasteiger partial charge in [-0.25, -0.2) is 0 Å². The Kier molecular flexibility index (Phi) is 2.61. The number of benzene rings is 2. The zero-order valence-corrected chi connectivity index (χ0v) is 13.1. The van der Waals surface area contributed by atoms with E-state index in [4.69, 9.17) is 5.84 Å². The Morgan fingerprint density at radius 3 is 2.23 bits per heavy atom. The molecule has 3 nitrogen and oxygen atoms in total. The summed E-state index contributed by atoms with van der Waals surface area (Å²) in [5.74, 6) is 6.11. The molecule has 0 spiro atoms. The van der Waals surface area contributed by atoms with Gasteiger partial charge in [-0.05, 0) is 38.0 Å². The topological polar surface area (TPSA) is 35.9 Å². The maximum Gasteiger partial charge on any atom is 0.0742 e. The minimum absolute atomic E-state index is 1.09. The highest BCUT2D eigenvalue weighted by Crippen LogP contribution is 2.36. The van der Waals surface area contributed by atoms with Gasteiger partial charge in [0.25, 0.3) is 0 Å². The van der Waals surface area contributed by atoms with E-state index in [1.807, 2.05) is 6.20 Å². The molecule has 2 aromatic carbocycles. The molecule has 0 aliphatic rings. The quantitative estimate of drug-likeness (QED) is 0.523. The number of fused-ring (bicyclic) bond motifs is 3. The number of nitrogens with zero attached hydrogens (tertiary/aromatic N) is 2. The Hall–Kier alpha value is -2.68. The molecule has 0 fully saturated rings. The minimum atomic E-state index is 1.09. The van der Waals surface area contributed by atoms with Gasteiger partial charge < -0.3 is 10.4 Å². The molecule has 2 aromatic heterocycles. The summed E-state index contributed by atoms with van der Waals surface area (Å²) in [5, 5.41) is 2.49. The van der Waals surface area contributed by atoms with Crippen LogP contribution >= 0.6 is 0 Å². The molecule has 0 bridgehead atoms. The predicted molar refractivity (Wildman–Crippen MR) is 93.1 cm³/mol. The van der Waals surface area contributed by atoms with Crippen molar-refractivity contribution in [1.82, 2.24) is 9.24 Å². The van der Waals surface area contributed by atoms with Gasteiger partial charge in [-0.2, -0.15) is 0 Å². The number of para-hydroxylation sites is 2. The maximum atomic E-state index is 6.11. The smallest absolute Gasteiger partial charge is 0.0742 e. The van der Waals surface area contributed by atoms with Gasteiger partial charge in [0.15, 0.2) is 0 Å². The number of hydrogen-bond acceptors (Lipinski definition) is 1. The molecular weight excluding hydrogens is 270 g/mol. The molecule has 22 heavy (non-hydrogen) atoms. The summed E-state index contributed by atoms with van der Waals surface area (Å²) >= 11 is 0. The molecule has 4 aromatic rings. The van der Waals surface area contributed by atoms with Gasteiger partial charge in [-0.15, -0.1) is 0 Å². The minimum Gasteiger partial charge on any atom is -0.339 e. The van der Waals surface area contributed by atoms with E-state index in [2.05, 4.69) is 67.8 Å². The fourth-order valence-corrected chi connectivity index (χ4v) is 3.52. The van der Waals surface area contributed by atoms with E-state index in [-0.39, 0.29) is 0 Å². The molecule has 0 amide bonds. The second kappa shape index (κ2) is 4.41. The third kappa shape index (κ3) is 1.56. The fraction of sp³-hybridized carbons (Fsp3) is 0.158. The summed E-state index contributed by atoms with van der Waals surface area (Å²) < 4.78 is 4.06. The summed E-state index contributed by atoms with van der Waals surface area (Å²) in [6, 6.07) is 15.0. The molecule has 0 saturated heterocycles. The van der Waals surface area contributed by atoms with E-state index < -0.39 is 0 Å². The van der Waals surface area contributed by atoms with Crippen molar-refractivity contribution in [2.45, 2.75) is 20.8 Å². The highest BCUT2D eigenvalue weighted by molar-refractivity contribution is 6.11. The maximum absolute atomic E-state index is 6.11. The molecule has 4 rings (SSSR count). The van der Waals surface area contributed by atoms with Crippen LogP contribution in [0.1, 0.15) is 16.8 Å². The van der Waals surface area contributed by atoms with Gasteiger partial charge in [0.05, 0.1) is 22.9 Å². The van der Waals surface area contributed by atoms with E-state index >= 15 is 0 Å². The van der Waals surface area contributed by atoms with Crippen LogP contribution in [0.2, 0.25) is 0 Å². The average Bonchev–Trinajstić information content (AvgIpc) is 2.95. The largest absolute Gasteiger partial charge is 0.339 e. The SMILES string of the molecule is Cc1cccc(C)c1-n1c2ccccc2c2c(C)n(N)cc21. The van der Waals surface area contributed by atoms with Crippen LogP contribution in [0.4, 0.5) is 0 Å². The third-order valence-electron chi connectivity index (χ3n) is 4.58. The molecule has 2 N–H and O–H groups in total. The van der Waals surface area contributed by atoms with Gasteiger partial charge in [0.2, 0.25) is 0 Å². The Morgan fingerprint density at radius 2 is 1.50 bits per heavy atom. The Bertz CT molecular complexity index is 998. The lowest BCUT2D eigenvalue weighted by molar-refractivity contribution is 0.965. The van der Waals surface area contributed by atoms with Crippen molar-refractivity contribution in [3.05, 3.63) is 65.5 Å². The van der Waals surface area contributed by atoms with Crippen molar-refractivity contribution >= 4 is 21.8 Å². The first kappa shape index (κ1) is 13.0.